The van der Waals surface area contributed by atoms with Gasteiger partial charge in [-0.1, -0.05) is 29.8 Å². The highest BCUT2D eigenvalue weighted by atomic mass is 35.5. The summed E-state index contributed by atoms with van der Waals surface area (Å²) in [5.74, 6) is -0.584. The number of sulfonamides is 1. The van der Waals surface area contributed by atoms with Crippen LogP contribution < -0.4 is 4.72 Å². The molecule has 0 aliphatic rings. The lowest BCUT2D eigenvalue weighted by atomic mass is 10.2. The van der Waals surface area contributed by atoms with Crippen molar-refractivity contribution >= 4 is 33.0 Å². The lowest BCUT2D eigenvalue weighted by molar-refractivity contribution is 0.578. The fraction of sp³-hybridized carbons (Fsp3) is 0.167. The Morgan fingerprint density at radius 2 is 1.92 bits per heavy atom. The Morgan fingerprint density at radius 1 is 1.19 bits per heavy atom. The highest BCUT2D eigenvalue weighted by Crippen LogP contribution is 2.29. The Kier molecular flexibility index (Phi) is 5.72. The molecule has 0 aliphatic carbocycles. The number of halogens is 2. The quantitative estimate of drug-likeness (QED) is 0.653. The number of nitrogens with zero attached hydrogens (tertiary/aromatic N) is 1. The minimum atomic E-state index is -3.74. The van der Waals surface area contributed by atoms with Crippen molar-refractivity contribution in [1.82, 2.24) is 9.71 Å². The average molecular weight is 411 g/mol. The summed E-state index contributed by atoms with van der Waals surface area (Å²) >= 11 is 7.42. The van der Waals surface area contributed by atoms with Crippen LogP contribution in [0.15, 0.2) is 53.4 Å². The van der Waals surface area contributed by atoms with Gasteiger partial charge in [0.25, 0.3) is 0 Å². The van der Waals surface area contributed by atoms with Gasteiger partial charge in [0.1, 0.15) is 10.8 Å². The van der Waals surface area contributed by atoms with Crippen molar-refractivity contribution in [2.24, 2.45) is 0 Å². The molecule has 136 valence electrons. The van der Waals surface area contributed by atoms with Crippen LogP contribution >= 0.6 is 22.9 Å². The third-order valence-corrected chi connectivity index (χ3v) is 6.71. The molecule has 0 aliphatic heterocycles. The third kappa shape index (κ3) is 4.48. The molecule has 0 radical (unpaired) electrons. The van der Waals surface area contributed by atoms with Crippen LogP contribution in [-0.2, 0) is 16.4 Å². The number of thiazole rings is 1. The number of nitrogens with one attached hydrogen (secondary N) is 1. The van der Waals surface area contributed by atoms with Crippen molar-refractivity contribution in [1.29, 1.82) is 0 Å². The fourth-order valence-electron chi connectivity index (χ4n) is 2.39. The maximum Gasteiger partial charge on any atom is 0.240 e. The monoisotopic (exact) mass is 410 g/mol. The molecule has 3 rings (SSSR count). The first-order valence-corrected chi connectivity index (χ1v) is 10.5. The number of aryl methyl sites for hydroxylation is 1. The topological polar surface area (TPSA) is 59.1 Å². The van der Waals surface area contributed by atoms with E-state index in [9.17, 15) is 12.8 Å². The second-order valence-corrected chi connectivity index (χ2v) is 8.93. The van der Waals surface area contributed by atoms with Gasteiger partial charge in [0.05, 0.1) is 10.6 Å². The molecule has 0 unspecified atom stereocenters. The van der Waals surface area contributed by atoms with Crippen molar-refractivity contribution in [3.63, 3.8) is 0 Å². The van der Waals surface area contributed by atoms with E-state index >= 15 is 0 Å². The van der Waals surface area contributed by atoms with E-state index in [1.807, 2.05) is 19.1 Å². The van der Waals surface area contributed by atoms with Gasteiger partial charge in [-0.05, 0) is 43.7 Å². The van der Waals surface area contributed by atoms with E-state index in [4.69, 9.17) is 11.6 Å². The summed E-state index contributed by atoms with van der Waals surface area (Å²) in [7, 11) is -3.74. The van der Waals surface area contributed by atoms with Crippen LogP contribution in [0.4, 0.5) is 4.39 Å². The van der Waals surface area contributed by atoms with Crippen LogP contribution in [0, 0.1) is 12.7 Å². The number of hydrogen-bond acceptors (Lipinski definition) is 4. The summed E-state index contributed by atoms with van der Waals surface area (Å²) < 4.78 is 40.2. The molecular weight excluding hydrogens is 395 g/mol. The lowest BCUT2D eigenvalue weighted by Gasteiger charge is -2.06. The third-order valence-electron chi connectivity index (χ3n) is 3.73. The first kappa shape index (κ1) is 19.0. The molecule has 0 spiro atoms. The van der Waals surface area contributed by atoms with Gasteiger partial charge in [-0.15, -0.1) is 11.3 Å². The zero-order chi connectivity index (χ0) is 18.7. The zero-order valence-electron chi connectivity index (χ0n) is 13.9. The first-order valence-electron chi connectivity index (χ1n) is 7.82. The summed E-state index contributed by atoms with van der Waals surface area (Å²) in [5.41, 5.74) is 1.83. The van der Waals surface area contributed by atoms with E-state index in [2.05, 4.69) is 9.71 Å². The highest BCUT2D eigenvalue weighted by molar-refractivity contribution is 7.89. The molecule has 0 atom stereocenters. The molecule has 1 N–H and O–H groups in total. The molecule has 0 bridgehead atoms. The summed E-state index contributed by atoms with van der Waals surface area (Å²) in [5, 5.41) is 1.52. The Balaban J connectivity index is 1.68. The van der Waals surface area contributed by atoms with Gasteiger partial charge in [-0.3, -0.25) is 0 Å². The summed E-state index contributed by atoms with van der Waals surface area (Å²) in [6, 6.07) is 12.4. The Morgan fingerprint density at radius 3 is 2.62 bits per heavy atom. The zero-order valence-corrected chi connectivity index (χ0v) is 16.3. The van der Waals surface area contributed by atoms with Crippen LogP contribution in [-0.4, -0.2) is 19.9 Å². The van der Waals surface area contributed by atoms with Crippen molar-refractivity contribution < 1.29 is 12.8 Å². The molecule has 3 aromatic rings. The summed E-state index contributed by atoms with van der Waals surface area (Å²) in [6.07, 6.45) is 0.506. The molecule has 0 saturated heterocycles. The lowest BCUT2D eigenvalue weighted by Crippen LogP contribution is -2.26. The average Bonchev–Trinajstić information content (AvgIpc) is 2.96. The molecular formula is C18H16ClFN2O2S2. The van der Waals surface area contributed by atoms with E-state index in [0.29, 0.717) is 11.4 Å². The van der Waals surface area contributed by atoms with Crippen LogP contribution in [0.25, 0.3) is 10.6 Å². The summed E-state index contributed by atoms with van der Waals surface area (Å²) in [6.45, 7) is 2.11. The largest absolute Gasteiger partial charge is 0.241 e. The van der Waals surface area contributed by atoms with Gasteiger partial charge < -0.3 is 0 Å². The molecule has 8 heteroatoms. The molecule has 2 aromatic carbocycles. The van der Waals surface area contributed by atoms with E-state index in [1.165, 1.54) is 29.5 Å². The van der Waals surface area contributed by atoms with Gasteiger partial charge in [-0.2, -0.15) is 0 Å². The van der Waals surface area contributed by atoms with E-state index < -0.39 is 15.8 Å². The number of hydrogen-bond donors (Lipinski definition) is 1. The van der Waals surface area contributed by atoms with Crippen molar-refractivity contribution in [3.8, 4) is 10.6 Å². The second-order valence-electron chi connectivity index (χ2n) is 5.64. The molecule has 26 heavy (non-hydrogen) atoms. The van der Waals surface area contributed by atoms with Gasteiger partial charge in [0.15, 0.2) is 0 Å². The minimum absolute atomic E-state index is 0.0830. The van der Waals surface area contributed by atoms with E-state index in [-0.39, 0.29) is 11.4 Å². The number of aromatic nitrogens is 1. The molecule has 1 heterocycles. The SMILES string of the molecule is Cc1nc(-c2ccc(Cl)cc2)sc1CCNS(=O)(=O)c1cccc(F)c1. The minimum Gasteiger partial charge on any atom is -0.241 e. The fourth-order valence-corrected chi connectivity index (χ4v) is 4.65. The van der Waals surface area contributed by atoms with Crippen LogP contribution in [0.3, 0.4) is 0 Å². The Hall–Kier alpha value is -1.80. The highest BCUT2D eigenvalue weighted by Gasteiger charge is 2.15. The number of benzene rings is 2. The maximum absolute atomic E-state index is 13.2. The van der Waals surface area contributed by atoms with Crippen LogP contribution in [0.5, 0.6) is 0 Å². The van der Waals surface area contributed by atoms with Gasteiger partial charge in [0, 0.05) is 22.0 Å². The van der Waals surface area contributed by atoms with Gasteiger partial charge >= 0.3 is 0 Å². The Labute approximate surface area is 160 Å². The maximum atomic E-state index is 13.2. The molecule has 0 amide bonds. The molecule has 1 aromatic heterocycles. The van der Waals surface area contributed by atoms with Crippen LogP contribution in [0.2, 0.25) is 5.02 Å². The van der Waals surface area contributed by atoms with Crippen molar-refractivity contribution in [3.05, 3.63) is 69.9 Å². The predicted octanol–water partition coefficient (Wildman–Crippen LogP) is 4.43. The first-order chi connectivity index (χ1) is 12.3. The molecule has 0 saturated carbocycles. The standard InChI is InChI=1S/C18H16ClFN2O2S2/c1-12-17(25-18(22-12)13-5-7-14(19)8-6-13)9-10-21-26(23,24)16-4-2-3-15(20)11-16/h2-8,11,21H,9-10H2,1H3. The van der Waals surface area contributed by atoms with Crippen LogP contribution in [0.1, 0.15) is 10.6 Å². The Bertz CT molecular complexity index is 1020. The smallest absolute Gasteiger partial charge is 0.240 e. The van der Waals surface area contributed by atoms with Crippen molar-refractivity contribution in [2.75, 3.05) is 6.54 Å². The molecule has 0 fully saturated rings. The van der Waals surface area contributed by atoms with E-state index in [0.717, 1.165) is 27.2 Å². The second kappa shape index (κ2) is 7.84. The summed E-state index contributed by atoms with van der Waals surface area (Å²) in [4.78, 5) is 5.46. The molecule has 4 nitrogen and oxygen atoms in total. The van der Waals surface area contributed by atoms with Crippen molar-refractivity contribution in [2.45, 2.75) is 18.2 Å². The normalized spacial score (nSPS) is 11.7. The van der Waals surface area contributed by atoms with Gasteiger partial charge in [0.2, 0.25) is 10.0 Å². The van der Waals surface area contributed by atoms with E-state index in [1.54, 1.807) is 12.1 Å². The predicted molar refractivity (Wildman–Crippen MR) is 103 cm³/mol. The van der Waals surface area contributed by atoms with Gasteiger partial charge in [-0.25, -0.2) is 22.5 Å². The number of rotatable bonds is 6.